The van der Waals surface area contributed by atoms with E-state index in [1.165, 1.54) is 18.2 Å². The van der Waals surface area contributed by atoms with Crippen molar-refractivity contribution in [3.8, 4) is 11.8 Å². The first-order chi connectivity index (χ1) is 10.2. The number of hydrogen-bond acceptors (Lipinski definition) is 4. The molecule has 0 saturated heterocycles. The maximum atomic E-state index is 12.4. The van der Waals surface area contributed by atoms with Gasteiger partial charge in [-0.1, -0.05) is 18.2 Å². The molecule has 0 unspecified atom stereocenters. The van der Waals surface area contributed by atoms with Crippen LogP contribution in [0.2, 0.25) is 0 Å². The van der Waals surface area contributed by atoms with E-state index in [9.17, 15) is 9.90 Å². The fourth-order valence-electron chi connectivity index (χ4n) is 2.31. The number of benzene rings is 2. The van der Waals surface area contributed by atoms with Gasteiger partial charge in [-0.05, 0) is 29.8 Å². The number of phenols is 1. The molecular formula is C16H12N2O2S. The number of nitrogens with zero attached hydrogens (tertiary/aromatic N) is 1. The highest BCUT2D eigenvalue weighted by Gasteiger charge is 2.29. The molecule has 0 bridgehead atoms. The summed E-state index contributed by atoms with van der Waals surface area (Å²) in [6.07, 6.45) is 0. The summed E-state index contributed by atoms with van der Waals surface area (Å²) >= 11 is 1.65. The largest absolute Gasteiger partial charge is 0.506 e. The average molecular weight is 296 g/mol. The Morgan fingerprint density at radius 3 is 2.95 bits per heavy atom. The zero-order valence-corrected chi connectivity index (χ0v) is 11.9. The molecule has 0 aliphatic carbocycles. The van der Waals surface area contributed by atoms with Crippen molar-refractivity contribution in [2.24, 2.45) is 0 Å². The van der Waals surface area contributed by atoms with E-state index in [1.54, 1.807) is 11.8 Å². The van der Waals surface area contributed by atoms with Crippen LogP contribution in [-0.2, 0) is 4.79 Å². The summed E-state index contributed by atoms with van der Waals surface area (Å²) in [7, 11) is 0. The summed E-state index contributed by atoms with van der Waals surface area (Å²) in [4.78, 5) is 13.5. The van der Waals surface area contributed by atoms with E-state index in [2.05, 4.69) is 5.32 Å². The Hall–Kier alpha value is -2.45. The molecule has 4 nitrogen and oxygen atoms in total. The fourth-order valence-corrected chi connectivity index (χ4v) is 3.53. The van der Waals surface area contributed by atoms with E-state index in [4.69, 9.17) is 5.26 Å². The number of carbonyl (C=O) groups is 1. The molecule has 0 saturated carbocycles. The van der Waals surface area contributed by atoms with Gasteiger partial charge < -0.3 is 10.4 Å². The van der Waals surface area contributed by atoms with Crippen LogP contribution in [0.15, 0.2) is 47.4 Å². The first-order valence-electron chi connectivity index (χ1n) is 6.45. The maximum absolute atomic E-state index is 12.4. The zero-order valence-electron chi connectivity index (χ0n) is 11.0. The SMILES string of the molecule is N#Cc1ccc(O)c(NC(=O)[C@@H]2CSc3ccccc32)c1. The Morgan fingerprint density at radius 2 is 2.14 bits per heavy atom. The third kappa shape index (κ3) is 2.58. The van der Waals surface area contributed by atoms with E-state index in [-0.39, 0.29) is 23.3 Å². The zero-order chi connectivity index (χ0) is 14.8. The molecule has 5 heteroatoms. The molecule has 1 amide bonds. The van der Waals surface area contributed by atoms with E-state index in [1.807, 2.05) is 30.3 Å². The number of aromatic hydroxyl groups is 1. The number of rotatable bonds is 2. The van der Waals surface area contributed by atoms with Gasteiger partial charge in [0.05, 0.1) is 23.2 Å². The number of carbonyl (C=O) groups excluding carboxylic acids is 1. The third-order valence-electron chi connectivity index (χ3n) is 3.40. The van der Waals surface area contributed by atoms with Crippen LogP contribution in [0, 0.1) is 11.3 Å². The van der Waals surface area contributed by atoms with Crippen LogP contribution in [0.3, 0.4) is 0 Å². The van der Waals surface area contributed by atoms with Gasteiger partial charge in [-0.2, -0.15) is 5.26 Å². The quantitative estimate of drug-likeness (QED) is 0.835. The lowest BCUT2D eigenvalue weighted by Gasteiger charge is -2.12. The van der Waals surface area contributed by atoms with Crippen molar-refractivity contribution in [3.05, 3.63) is 53.6 Å². The lowest BCUT2D eigenvalue weighted by atomic mass is 10.0. The standard InChI is InChI=1S/C16H12N2O2S/c17-8-10-5-6-14(19)13(7-10)18-16(20)12-9-21-15-4-2-1-3-11(12)15/h1-7,12,19H,9H2,(H,18,20)/t12-/m1/s1. The highest BCUT2D eigenvalue weighted by molar-refractivity contribution is 7.99. The molecule has 1 atom stereocenters. The molecule has 1 aliphatic rings. The Labute approximate surface area is 126 Å². The van der Waals surface area contributed by atoms with Crippen molar-refractivity contribution in [2.75, 3.05) is 11.1 Å². The number of nitrogens with one attached hydrogen (secondary N) is 1. The molecule has 1 aliphatic heterocycles. The molecule has 1 heterocycles. The van der Waals surface area contributed by atoms with Crippen LogP contribution in [0.1, 0.15) is 17.0 Å². The number of thioether (sulfide) groups is 1. The van der Waals surface area contributed by atoms with Gasteiger partial charge in [0.25, 0.3) is 0 Å². The molecule has 3 rings (SSSR count). The number of hydrogen-bond donors (Lipinski definition) is 2. The molecule has 104 valence electrons. The van der Waals surface area contributed by atoms with E-state index >= 15 is 0 Å². The molecule has 2 N–H and O–H groups in total. The van der Waals surface area contributed by atoms with Crippen molar-refractivity contribution in [1.29, 1.82) is 5.26 Å². The van der Waals surface area contributed by atoms with Gasteiger partial charge in [0.15, 0.2) is 0 Å². The predicted octanol–water partition coefficient (Wildman–Crippen LogP) is 3.09. The van der Waals surface area contributed by atoms with Crippen LogP contribution in [-0.4, -0.2) is 16.8 Å². The molecular weight excluding hydrogens is 284 g/mol. The molecule has 2 aromatic carbocycles. The normalized spacial score (nSPS) is 16.0. The summed E-state index contributed by atoms with van der Waals surface area (Å²) in [6, 6.07) is 14.2. The van der Waals surface area contributed by atoms with Gasteiger partial charge in [0, 0.05) is 10.6 Å². The van der Waals surface area contributed by atoms with Gasteiger partial charge >= 0.3 is 0 Å². The van der Waals surface area contributed by atoms with Crippen LogP contribution < -0.4 is 5.32 Å². The molecule has 0 aromatic heterocycles. The molecule has 2 aromatic rings. The molecule has 21 heavy (non-hydrogen) atoms. The van der Waals surface area contributed by atoms with Crippen molar-refractivity contribution in [2.45, 2.75) is 10.8 Å². The Bertz CT molecular complexity index is 752. The van der Waals surface area contributed by atoms with Crippen LogP contribution in [0.5, 0.6) is 5.75 Å². The van der Waals surface area contributed by atoms with Crippen LogP contribution in [0.4, 0.5) is 5.69 Å². The predicted molar refractivity (Wildman–Crippen MR) is 81.4 cm³/mol. The van der Waals surface area contributed by atoms with Crippen molar-refractivity contribution in [1.82, 2.24) is 0 Å². The second-order valence-corrected chi connectivity index (χ2v) is 5.80. The Kier molecular flexibility index (Phi) is 3.55. The molecule has 0 radical (unpaired) electrons. The van der Waals surface area contributed by atoms with Crippen molar-refractivity contribution in [3.63, 3.8) is 0 Å². The lowest BCUT2D eigenvalue weighted by molar-refractivity contribution is -0.117. The maximum Gasteiger partial charge on any atom is 0.232 e. The monoisotopic (exact) mass is 296 g/mol. The minimum Gasteiger partial charge on any atom is -0.506 e. The topological polar surface area (TPSA) is 73.1 Å². The van der Waals surface area contributed by atoms with Crippen LogP contribution >= 0.6 is 11.8 Å². The Balaban J connectivity index is 1.84. The van der Waals surface area contributed by atoms with Crippen molar-refractivity contribution < 1.29 is 9.90 Å². The summed E-state index contributed by atoms with van der Waals surface area (Å²) in [5, 5.41) is 21.4. The van der Waals surface area contributed by atoms with Crippen LogP contribution in [0.25, 0.3) is 0 Å². The minimum atomic E-state index is -0.239. The minimum absolute atomic E-state index is 0.0405. The van der Waals surface area contributed by atoms with Crippen molar-refractivity contribution >= 4 is 23.4 Å². The first kappa shape index (κ1) is 13.5. The van der Waals surface area contributed by atoms with Gasteiger partial charge in [-0.3, -0.25) is 4.79 Å². The number of nitriles is 1. The second-order valence-electron chi connectivity index (χ2n) is 4.73. The highest BCUT2D eigenvalue weighted by Crippen LogP contribution is 2.40. The number of fused-ring (bicyclic) bond motifs is 1. The highest BCUT2D eigenvalue weighted by atomic mass is 32.2. The third-order valence-corrected chi connectivity index (χ3v) is 4.58. The summed E-state index contributed by atoms with van der Waals surface area (Å²) in [5.74, 6) is 0.236. The van der Waals surface area contributed by atoms with E-state index in [0.717, 1.165) is 10.5 Å². The molecule has 0 fully saturated rings. The van der Waals surface area contributed by atoms with E-state index in [0.29, 0.717) is 11.3 Å². The summed E-state index contributed by atoms with van der Waals surface area (Å²) in [5.41, 5.74) is 1.67. The van der Waals surface area contributed by atoms with E-state index < -0.39 is 0 Å². The number of phenolic OH excluding ortho intramolecular Hbond substituents is 1. The smallest absolute Gasteiger partial charge is 0.232 e. The summed E-state index contributed by atoms with van der Waals surface area (Å²) in [6.45, 7) is 0. The van der Waals surface area contributed by atoms with Gasteiger partial charge in [-0.15, -0.1) is 11.8 Å². The number of amides is 1. The molecule has 0 spiro atoms. The van der Waals surface area contributed by atoms with Gasteiger partial charge in [0.1, 0.15) is 5.75 Å². The fraction of sp³-hybridized carbons (Fsp3) is 0.125. The van der Waals surface area contributed by atoms with Gasteiger partial charge in [0.2, 0.25) is 5.91 Å². The van der Waals surface area contributed by atoms with Gasteiger partial charge in [-0.25, -0.2) is 0 Å². The second kappa shape index (κ2) is 5.51. The summed E-state index contributed by atoms with van der Waals surface area (Å²) < 4.78 is 0. The first-order valence-corrected chi connectivity index (χ1v) is 7.43. The number of anilines is 1. The Morgan fingerprint density at radius 1 is 1.33 bits per heavy atom. The lowest BCUT2D eigenvalue weighted by Crippen LogP contribution is -2.21. The average Bonchev–Trinajstić information content (AvgIpc) is 2.93.